The molecule has 0 bridgehead atoms. The summed E-state index contributed by atoms with van der Waals surface area (Å²) in [6.07, 6.45) is 8.44. The summed E-state index contributed by atoms with van der Waals surface area (Å²) in [5.41, 5.74) is 8.88. The Morgan fingerprint density at radius 1 is 1.08 bits per heavy atom. The molecule has 3 heterocycles. The summed E-state index contributed by atoms with van der Waals surface area (Å²) in [5.74, 6) is 1.83. The highest BCUT2D eigenvalue weighted by molar-refractivity contribution is 7.10. The number of aryl methyl sites for hydroxylation is 1. The predicted octanol–water partition coefficient (Wildman–Crippen LogP) is 10.3. The number of benzene rings is 1. The van der Waals surface area contributed by atoms with E-state index < -0.39 is 0 Å². The summed E-state index contributed by atoms with van der Waals surface area (Å²) in [7, 11) is 0. The Morgan fingerprint density at radius 2 is 1.87 bits per heavy atom. The number of rotatable bonds is 12. The van der Waals surface area contributed by atoms with E-state index in [1.807, 2.05) is 6.20 Å². The summed E-state index contributed by atoms with van der Waals surface area (Å²) >= 11 is 1.80. The molecule has 0 spiro atoms. The number of hydrogen-bond acceptors (Lipinski definition) is 3. The second-order valence-electron chi connectivity index (χ2n) is 11.2. The Morgan fingerprint density at radius 3 is 2.53 bits per heavy atom. The SMILES string of the molecule is C=CC(C)C(CCC)c1nc(-c2ccc3c(c2)c(CC(C)C)c(-c2cccnc2C(C)CC)n3CC)cs1. The fraction of sp³-hybridized carbons (Fsp3) is 0.471. The van der Waals surface area contributed by atoms with E-state index in [0.717, 1.165) is 37.9 Å². The van der Waals surface area contributed by atoms with E-state index >= 15 is 0 Å². The number of fused-ring (bicyclic) bond motifs is 1. The molecule has 38 heavy (non-hydrogen) atoms. The average Bonchev–Trinajstić information content (AvgIpc) is 3.53. The van der Waals surface area contributed by atoms with Crippen molar-refractivity contribution >= 4 is 22.2 Å². The first-order valence-corrected chi connectivity index (χ1v) is 15.4. The third-order valence-electron chi connectivity index (χ3n) is 8.01. The van der Waals surface area contributed by atoms with Crippen LogP contribution in [0.25, 0.3) is 33.4 Å². The lowest BCUT2D eigenvalue weighted by molar-refractivity contribution is 0.502. The molecule has 0 aliphatic rings. The first kappa shape index (κ1) is 28.3. The van der Waals surface area contributed by atoms with Gasteiger partial charge in [-0.2, -0.15) is 0 Å². The lowest BCUT2D eigenvalue weighted by Gasteiger charge is -2.18. The maximum absolute atomic E-state index is 5.18. The highest BCUT2D eigenvalue weighted by Gasteiger charge is 2.24. The van der Waals surface area contributed by atoms with Crippen molar-refractivity contribution in [1.29, 1.82) is 0 Å². The summed E-state index contributed by atoms with van der Waals surface area (Å²) in [6, 6.07) is 11.3. The molecule has 0 aliphatic heterocycles. The molecule has 0 aliphatic carbocycles. The average molecular weight is 528 g/mol. The van der Waals surface area contributed by atoms with E-state index in [1.165, 1.54) is 44.0 Å². The Kier molecular flexibility index (Phi) is 9.25. The third-order valence-corrected chi connectivity index (χ3v) is 8.99. The van der Waals surface area contributed by atoms with Gasteiger partial charge in [-0.05, 0) is 73.8 Å². The predicted molar refractivity (Wildman–Crippen MR) is 166 cm³/mol. The van der Waals surface area contributed by atoms with Crippen LogP contribution in [0, 0.1) is 11.8 Å². The Balaban J connectivity index is 1.90. The van der Waals surface area contributed by atoms with Gasteiger partial charge in [0.2, 0.25) is 0 Å². The van der Waals surface area contributed by atoms with Crippen molar-refractivity contribution in [3.05, 3.63) is 70.8 Å². The Hall–Kier alpha value is -2.72. The third kappa shape index (κ3) is 5.52. The standard InChI is InChI=1S/C34H45N3S/c1-9-14-26(23(7)10-2)34-36-30(21-38-34)25-16-17-31-28(20-25)29(19-22(5)6)33(37(31)12-4)27-15-13-18-35-32(27)24(8)11-3/h10,13,15-18,20-24,26H,2,9,11-12,14,19H2,1,3-8H3. The zero-order valence-electron chi connectivity index (χ0n) is 24.4. The van der Waals surface area contributed by atoms with Gasteiger partial charge in [0.05, 0.1) is 22.1 Å². The minimum absolute atomic E-state index is 0.416. The number of thiazole rings is 1. The quantitative estimate of drug-likeness (QED) is 0.172. The fourth-order valence-electron chi connectivity index (χ4n) is 5.72. The second kappa shape index (κ2) is 12.4. The van der Waals surface area contributed by atoms with E-state index in [0.29, 0.717) is 23.7 Å². The van der Waals surface area contributed by atoms with Crippen molar-refractivity contribution in [2.24, 2.45) is 11.8 Å². The van der Waals surface area contributed by atoms with Crippen LogP contribution in [0.15, 0.2) is 54.6 Å². The lowest BCUT2D eigenvalue weighted by atomic mass is 9.90. The molecule has 3 nitrogen and oxygen atoms in total. The van der Waals surface area contributed by atoms with Gasteiger partial charge in [0.1, 0.15) is 0 Å². The van der Waals surface area contributed by atoms with Gasteiger partial charge in [-0.15, -0.1) is 17.9 Å². The molecule has 4 heteroatoms. The monoisotopic (exact) mass is 527 g/mol. The van der Waals surface area contributed by atoms with E-state index in [2.05, 4.69) is 101 Å². The van der Waals surface area contributed by atoms with Gasteiger partial charge in [-0.3, -0.25) is 4.98 Å². The molecular formula is C34H45N3S. The van der Waals surface area contributed by atoms with Crippen molar-refractivity contribution in [2.45, 2.75) is 92.5 Å². The Labute approximate surface area is 234 Å². The van der Waals surface area contributed by atoms with Crippen molar-refractivity contribution in [3.8, 4) is 22.5 Å². The van der Waals surface area contributed by atoms with Crippen LogP contribution in [-0.2, 0) is 13.0 Å². The highest BCUT2D eigenvalue weighted by atomic mass is 32.1. The van der Waals surface area contributed by atoms with Crippen LogP contribution in [0.2, 0.25) is 0 Å². The van der Waals surface area contributed by atoms with Gasteiger partial charge < -0.3 is 4.57 Å². The van der Waals surface area contributed by atoms with Crippen LogP contribution in [-0.4, -0.2) is 14.5 Å². The smallest absolute Gasteiger partial charge is 0.0969 e. The van der Waals surface area contributed by atoms with Gasteiger partial charge in [0.25, 0.3) is 0 Å². The van der Waals surface area contributed by atoms with Gasteiger partial charge >= 0.3 is 0 Å². The summed E-state index contributed by atoms with van der Waals surface area (Å²) in [4.78, 5) is 10.1. The molecule has 3 atom stereocenters. The molecule has 3 aromatic heterocycles. The molecule has 0 saturated carbocycles. The number of allylic oxidation sites excluding steroid dienone is 1. The second-order valence-corrected chi connectivity index (χ2v) is 12.1. The first-order valence-electron chi connectivity index (χ1n) is 14.5. The van der Waals surface area contributed by atoms with E-state index in [9.17, 15) is 0 Å². The minimum Gasteiger partial charge on any atom is -0.340 e. The lowest BCUT2D eigenvalue weighted by Crippen LogP contribution is -2.07. The molecule has 4 aromatic rings. The fourth-order valence-corrected chi connectivity index (χ4v) is 6.80. The van der Waals surface area contributed by atoms with Gasteiger partial charge in [-0.1, -0.05) is 60.1 Å². The molecule has 3 unspecified atom stereocenters. The van der Waals surface area contributed by atoms with Crippen molar-refractivity contribution < 1.29 is 0 Å². The molecule has 0 radical (unpaired) electrons. The maximum Gasteiger partial charge on any atom is 0.0969 e. The van der Waals surface area contributed by atoms with Crippen LogP contribution in [0.3, 0.4) is 0 Å². The zero-order valence-corrected chi connectivity index (χ0v) is 25.2. The van der Waals surface area contributed by atoms with Crippen LogP contribution in [0.5, 0.6) is 0 Å². The molecule has 0 saturated heterocycles. The summed E-state index contributed by atoms with van der Waals surface area (Å²) in [5, 5.41) is 4.83. The molecule has 0 N–H and O–H groups in total. The first-order chi connectivity index (χ1) is 18.3. The minimum atomic E-state index is 0.416. The van der Waals surface area contributed by atoms with Crippen LogP contribution < -0.4 is 0 Å². The molecule has 4 rings (SSSR count). The maximum atomic E-state index is 5.18. The molecule has 202 valence electrons. The molecule has 0 fully saturated rings. The van der Waals surface area contributed by atoms with E-state index in [1.54, 1.807) is 11.3 Å². The summed E-state index contributed by atoms with van der Waals surface area (Å²) < 4.78 is 2.51. The van der Waals surface area contributed by atoms with Crippen molar-refractivity contribution in [3.63, 3.8) is 0 Å². The molecule has 1 aromatic carbocycles. The number of hydrogen-bond donors (Lipinski definition) is 0. The van der Waals surface area contributed by atoms with Crippen molar-refractivity contribution in [2.75, 3.05) is 0 Å². The number of pyridine rings is 1. The molecular weight excluding hydrogens is 482 g/mol. The van der Waals surface area contributed by atoms with Crippen LogP contribution in [0.1, 0.15) is 95.8 Å². The normalized spacial score (nSPS) is 14.2. The zero-order chi connectivity index (χ0) is 27.4. The largest absolute Gasteiger partial charge is 0.340 e. The van der Waals surface area contributed by atoms with E-state index in [-0.39, 0.29) is 0 Å². The summed E-state index contributed by atoms with van der Waals surface area (Å²) in [6.45, 7) is 21.0. The highest BCUT2D eigenvalue weighted by Crippen LogP contribution is 2.41. The van der Waals surface area contributed by atoms with Crippen LogP contribution >= 0.6 is 11.3 Å². The van der Waals surface area contributed by atoms with Gasteiger partial charge in [0, 0.05) is 46.1 Å². The number of nitrogens with zero attached hydrogens (tertiary/aromatic N) is 3. The van der Waals surface area contributed by atoms with Crippen molar-refractivity contribution in [1.82, 2.24) is 14.5 Å². The number of aromatic nitrogens is 3. The Bertz CT molecular complexity index is 1380. The van der Waals surface area contributed by atoms with E-state index in [4.69, 9.17) is 9.97 Å². The molecule has 0 amide bonds. The van der Waals surface area contributed by atoms with Gasteiger partial charge in [-0.25, -0.2) is 4.98 Å². The van der Waals surface area contributed by atoms with Gasteiger partial charge in [0.15, 0.2) is 0 Å². The topological polar surface area (TPSA) is 30.7 Å². The van der Waals surface area contributed by atoms with Crippen LogP contribution in [0.4, 0.5) is 0 Å².